The van der Waals surface area contributed by atoms with Crippen molar-refractivity contribution in [3.05, 3.63) is 40.9 Å². The van der Waals surface area contributed by atoms with Crippen molar-refractivity contribution >= 4 is 22.5 Å². The van der Waals surface area contributed by atoms with Gasteiger partial charge in [-0.2, -0.15) is 0 Å². The van der Waals surface area contributed by atoms with E-state index in [0.29, 0.717) is 11.2 Å². The van der Waals surface area contributed by atoms with Crippen molar-refractivity contribution in [2.45, 2.75) is 6.10 Å². The number of aliphatic hydroxyl groups is 1. The first-order valence-electron chi connectivity index (χ1n) is 5.50. The Morgan fingerprint density at radius 1 is 1.45 bits per heavy atom. The molecule has 106 valence electrons. The van der Waals surface area contributed by atoms with Gasteiger partial charge in [-0.05, 0) is 6.07 Å². The zero-order chi connectivity index (χ0) is 14.5. The number of nitrogens with one attached hydrogen (secondary N) is 2. The van der Waals surface area contributed by atoms with E-state index in [2.05, 4.69) is 20.8 Å². The highest BCUT2D eigenvalue weighted by molar-refractivity contribution is 7.13. The molecule has 0 unspecified atom stereocenters. The van der Waals surface area contributed by atoms with Crippen LogP contribution >= 0.6 is 11.3 Å². The van der Waals surface area contributed by atoms with E-state index in [1.54, 1.807) is 0 Å². The van der Waals surface area contributed by atoms with E-state index in [-0.39, 0.29) is 12.1 Å². The quantitative estimate of drug-likeness (QED) is 0.801. The number of urea groups is 1. The van der Waals surface area contributed by atoms with Crippen molar-refractivity contribution < 1.29 is 18.7 Å². The Kier molecular flexibility index (Phi) is 4.53. The molecular formula is C11H10F2N4O2S. The van der Waals surface area contributed by atoms with Crippen LogP contribution in [0.2, 0.25) is 0 Å². The summed E-state index contributed by atoms with van der Waals surface area (Å²) in [4.78, 5) is 11.4. The molecule has 0 saturated heterocycles. The van der Waals surface area contributed by atoms with Gasteiger partial charge in [0.25, 0.3) is 0 Å². The molecule has 2 aromatic rings. The van der Waals surface area contributed by atoms with Gasteiger partial charge in [-0.1, -0.05) is 17.4 Å². The van der Waals surface area contributed by atoms with Crippen LogP contribution in [-0.4, -0.2) is 27.9 Å². The third-order valence-electron chi connectivity index (χ3n) is 2.36. The number of hydrogen-bond acceptors (Lipinski definition) is 5. The fraction of sp³-hybridized carbons (Fsp3) is 0.182. The van der Waals surface area contributed by atoms with Crippen LogP contribution in [0.15, 0.2) is 23.7 Å². The van der Waals surface area contributed by atoms with Crippen molar-refractivity contribution in [2.75, 3.05) is 11.9 Å². The van der Waals surface area contributed by atoms with Crippen molar-refractivity contribution in [3.8, 4) is 0 Å². The summed E-state index contributed by atoms with van der Waals surface area (Å²) in [5.74, 6) is -1.61. The summed E-state index contributed by atoms with van der Waals surface area (Å²) in [6, 6.07) is 2.21. The Bertz CT molecular complexity index is 594. The van der Waals surface area contributed by atoms with E-state index in [0.717, 1.165) is 23.5 Å². The fourth-order valence-corrected chi connectivity index (χ4v) is 1.88. The molecule has 0 fully saturated rings. The molecule has 0 radical (unpaired) electrons. The van der Waals surface area contributed by atoms with Crippen LogP contribution in [0.25, 0.3) is 0 Å². The number of hydrogen-bond donors (Lipinski definition) is 3. The predicted octanol–water partition coefficient (Wildman–Crippen LogP) is 1.67. The van der Waals surface area contributed by atoms with E-state index in [1.807, 2.05) is 0 Å². The molecule has 1 heterocycles. The molecule has 1 atom stereocenters. The number of amides is 2. The lowest BCUT2D eigenvalue weighted by atomic mass is 10.1. The molecular weight excluding hydrogens is 290 g/mol. The number of aliphatic hydroxyl groups excluding tert-OH is 1. The summed E-state index contributed by atoms with van der Waals surface area (Å²) in [6.07, 6.45) is -1.28. The molecule has 3 N–H and O–H groups in total. The molecule has 2 rings (SSSR count). The van der Waals surface area contributed by atoms with Gasteiger partial charge in [-0.15, -0.1) is 10.2 Å². The average molecular weight is 300 g/mol. The zero-order valence-electron chi connectivity index (χ0n) is 10.0. The Labute approximate surface area is 116 Å². The molecule has 6 nitrogen and oxygen atoms in total. The van der Waals surface area contributed by atoms with Gasteiger partial charge in [0.05, 0.1) is 6.10 Å². The fourth-order valence-electron chi connectivity index (χ4n) is 1.44. The second kappa shape index (κ2) is 6.35. The van der Waals surface area contributed by atoms with Crippen molar-refractivity contribution in [3.63, 3.8) is 0 Å². The number of carbonyl (C=O) groups is 1. The number of nitrogens with zero attached hydrogens (tertiary/aromatic N) is 2. The second-order valence-corrected chi connectivity index (χ2v) is 4.59. The summed E-state index contributed by atoms with van der Waals surface area (Å²) in [5.41, 5.74) is 1.35. The highest BCUT2D eigenvalue weighted by Gasteiger charge is 2.14. The second-order valence-electron chi connectivity index (χ2n) is 3.76. The van der Waals surface area contributed by atoms with Crippen molar-refractivity contribution in [1.82, 2.24) is 15.5 Å². The molecule has 0 saturated carbocycles. The summed E-state index contributed by atoms with van der Waals surface area (Å²) in [5, 5.41) is 21.9. The lowest BCUT2D eigenvalue weighted by Gasteiger charge is -2.13. The average Bonchev–Trinajstić information content (AvgIpc) is 2.89. The third kappa shape index (κ3) is 3.68. The van der Waals surface area contributed by atoms with Gasteiger partial charge in [0, 0.05) is 18.2 Å². The van der Waals surface area contributed by atoms with Crippen LogP contribution in [0.5, 0.6) is 0 Å². The highest BCUT2D eigenvalue weighted by atomic mass is 32.1. The Balaban J connectivity index is 1.88. The van der Waals surface area contributed by atoms with Crippen LogP contribution in [0, 0.1) is 11.6 Å². The first-order valence-corrected chi connectivity index (χ1v) is 6.38. The normalized spacial score (nSPS) is 11.9. The monoisotopic (exact) mass is 300 g/mol. The molecule has 0 aliphatic carbocycles. The van der Waals surface area contributed by atoms with Gasteiger partial charge in [-0.25, -0.2) is 13.6 Å². The molecule has 2 amide bonds. The highest BCUT2D eigenvalue weighted by Crippen LogP contribution is 2.17. The van der Waals surface area contributed by atoms with E-state index in [4.69, 9.17) is 0 Å². The molecule has 0 aliphatic heterocycles. The van der Waals surface area contributed by atoms with Gasteiger partial charge in [0.1, 0.15) is 17.1 Å². The molecule has 20 heavy (non-hydrogen) atoms. The predicted molar refractivity (Wildman–Crippen MR) is 68.2 cm³/mol. The largest absolute Gasteiger partial charge is 0.386 e. The molecule has 1 aromatic carbocycles. The maximum atomic E-state index is 13.4. The number of aromatic nitrogens is 2. The Hall–Kier alpha value is -2.13. The maximum Gasteiger partial charge on any atom is 0.321 e. The minimum absolute atomic E-state index is 0.0948. The lowest BCUT2D eigenvalue weighted by molar-refractivity contribution is 0.170. The topological polar surface area (TPSA) is 87.1 Å². The van der Waals surface area contributed by atoms with Crippen LogP contribution < -0.4 is 10.6 Å². The summed E-state index contributed by atoms with van der Waals surface area (Å²) < 4.78 is 26.1. The molecule has 0 spiro atoms. The Morgan fingerprint density at radius 3 is 2.90 bits per heavy atom. The van der Waals surface area contributed by atoms with Crippen LogP contribution in [0.1, 0.15) is 11.7 Å². The minimum Gasteiger partial charge on any atom is -0.386 e. The number of benzene rings is 1. The van der Waals surface area contributed by atoms with Gasteiger partial charge in [-0.3, -0.25) is 5.32 Å². The molecule has 0 bridgehead atoms. The smallest absolute Gasteiger partial charge is 0.321 e. The third-order valence-corrected chi connectivity index (χ3v) is 2.96. The van der Waals surface area contributed by atoms with Gasteiger partial charge < -0.3 is 10.4 Å². The first kappa shape index (κ1) is 14.3. The SMILES string of the molecule is O=C(NC[C@@H](O)c1ccc(F)cc1F)Nc1nncs1. The summed E-state index contributed by atoms with van der Waals surface area (Å²) in [7, 11) is 0. The lowest BCUT2D eigenvalue weighted by Crippen LogP contribution is -2.32. The van der Waals surface area contributed by atoms with E-state index >= 15 is 0 Å². The van der Waals surface area contributed by atoms with Gasteiger partial charge >= 0.3 is 6.03 Å². The number of rotatable bonds is 4. The summed E-state index contributed by atoms with van der Waals surface area (Å²) >= 11 is 1.13. The van der Waals surface area contributed by atoms with Crippen LogP contribution in [-0.2, 0) is 0 Å². The van der Waals surface area contributed by atoms with Crippen LogP contribution in [0.3, 0.4) is 0 Å². The van der Waals surface area contributed by atoms with Crippen molar-refractivity contribution in [2.24, 2.45) is 0 Å². The molecule has 0 aliphatic rings. The number of carbonyl (C=O) groups excluding carboxylic acids is 1. The minimum atomic E-state index is -1.28. The first-order chi connectivity index (χ1) is 9.56. The van der Waals surface area contributed by atoms with E-state index in [9.17, 15) is 18.7 Å². The van der Waals surface area contributed by atoms with Gasteiger partial charge in [0.2, 0.25) is 5.13 Å². The van der Waals surface area contributed by atoms with E-state index in [1.165, 1.54) is 5.51 Å². The standard InChI is InChI=1S/C11H10F2N4O2S/c12-6-1-2-7(8(13)3-6)9(18)4-14-10(19)16-11-17-15-5-20-11/h1-3,5,9,18H,4H2,(H2,14,16,17,19)/t9-/m1/s1. The molecule has 1 aromatic heterocycles. The molecule has 9 heteroatoms. The Morgan fingerprint density at radius 2 is 2.25 bits per heavy atom. The van der Waals surface area contributed by atoms with E-state index < -0.39 is 23.8 Å². The van der Waals surface area contributed by atoms with Crippen LogP contribution in [0.4, 0.5) is 18.7 Å². The number of halogens is 2. The van der Waals surface area contributed by atoms with Gasteiger partial charge in [0.15, 0.2) is 0 Å². The summed E-state index contributed by atoms with van der Waals surface area (Å²) in [6.45, 7) is -0.229. The van der Waals surface area contributed by atoms with Crippen molar-refractivity contribution in [1.29, 1.82) is 0 Å². The maximum absolute atomic E-state index is 13.4. The number of anilines is 1. The zero-order valence-corrected chi connectivity index (χ0v) is 10.8.